The van der Waals surface area contributed by atoms with Gasteiger partial charge in [0.25, 0.3) is 0 Å². The van der Waals surface area contributed by atoms with Crippen LogP contribution in [0.25, 0.3) is 0 Å². The van der Waals surface area contributed by atoms with Crippen molar-refractivity contribution in [3.63, 3.8) is 0 Å². The number of nitrogens with one attached hydrogen (secondary N) is 1. The predicted molar refractivity (Wildman–Crippen MR) is 123 cm³/mol. The van der Waals surface area contributed by atoms with Gasteiger partial charge in [-0.2, -0.15) is 16.1 Å². The van der Waals surface area contributed by atoms with Crippen LogP contribution in [-0.2, 0) is 20.6 Å². The van der Waals surface area contributed by atoms with Crippen molar-refractivity contribution in [1.29, 1.82) is 0 Å². The number of piperidine rings is 1. The maximum absolute atomic E-state index is 12.9. The highest BCUT2D eigenvalue weighted by molar-refractivity contribution is 7.98. The van der Waals surface area contributed by atoms with Gasteiger partial charge >= 0.3 is 0 Å². The van der Waals surface area contributed by atoms with Crippen molar-refractivity contribution in [2.75, 3.05) is 25.4 Å². The zero-order chi connectivity index (χ0) is 21.6. The van der Waals surface area contributed by atoms with Crippen molar-refractivity contribution < 1.29 is 13.2 Å². The van der Waals surface area contributed by atoms with E-state index in [0.717, 1.165) is 11.5 Å². The van der Waals surface area contributed by atoms with Crippen LogP contribution in [0.5, 0.6) is 0 Å². The van der Waals surface area contributed by atoms with Crippen LogP contribution in [0.3, 0.4) is 0 Å². The summed E-state index contributed by atoms with van der Waals surface area (Å²) in [6, 6.07) is 14.6. The highest BCUT2D eigenvalue weighted by Crippen LogP contribution is 2.25. The van der Waals surface area contributed by atoms with E-state index in [1.165, 1.54) is 27.6 Å². The Labute approximate surface area is 188 Å². The molecule has 1 aliphatic heterocycles. The van der Waals surface area contributed by atoms with E-state index in [1.807, 2.05) is 0 Å². The molecule has 1 aliphatic rings. The Bertz CT molecular complexity index is 965. The van der Waals surface area contributed by atoms with Gasteiger partial charge in [-0.15, -0.1) is 0 Å². The highest BCUT2D eigenvalue weighted by Gasteiger charge is 2.33. The van der Waals surface area contributed by atoms with E-state index in [0.29, 0.717) is 31.0 Å². The predicted octanol–water partition coefficient (Wildman–Crippen LogP) is 4.10. The topological polar surface area (TPSA) is 66.5 Å². The van der Waals surface area contributed by atoms with Gasteiger partial charge in [-0.3, -0.25) is 4.79 Å². The standard InChI is InChI=1S/C22H27ClN2O3S2/c1-17-4-2-5-18(14-17)16-29-13-11-24-22(26)19-6-3-12-25(15-19)30(27,28)21-9-7-20(23)8-10-21/h2,4-5,7-10,14,19H,3,6,11-13,15-16H2,1H3,(H,24,26)/t19-/m1/s1. The molecule has 0 aliphatic carbocycles. The second-order valence-electron chi connectivity index (χ2n) is 7.49. The van der Waals surface area contributed by atoms with Crippen LogP contribution in [-0.4, -0.2) is 44.0 Å². The number of hydrogen-bond donors (Lipinski definition) is 1. The summed E-state index contributed by atoms with van der Waals surface area (Å²) < 4.78 is 27.2. The molecule has 5 nitrogen and oxygen atoms in total. The number of nitrogens with zero attached hydrogens (tertiary/aromatic N) is 1. The second-order valence-corrected chi connectivity index (χ2v) is 11.0. The summed E-state index contributed by atoms with van der Waals surface area (Å²) in [7, 11) is -3.62. The smallest absolute Gasteiger partial charge is 0.243 e. The van der Waals surface area contributed by atoms with E-state index in [4.69, 9.17) is 11.6 Å². The third kappa shape index (κ3) is 6.23. The summed E-state index contributed by atoms with van der Waals surface area (Å²) in [6.45, 7) is 3.30. The van der Waals surface area contributed by atoms with Crippen LogP contribution in [0.1, 0.15) is 24.0 Å². The summed E-state index contributed by atoms with van der Waals surface area (Å²) >= 11 is 7.64. The van der Waals surface area contributed by atoms with E-state index in [2.05, 4.69) is 36.5 Å². The molecule has 0 aromatic heterocycles. The van der Waals surface area contributed by atoms with Gasteiger partial charge in [-0.05, 0) is 49.6 Å². The fourth-order valence-corrected chi connectivity index (χ4v) is 5.97. The maximum Gasteiger partial charge on any atom is 0.243 e. The first-order valence-electron chi connectivity index (χ1n) is 10.0. The number of rotatable bonds is 8. The summed E-state index contributed by atoms with van der Waals surface area (Å²) in [5.74, 6) is 1.34. The monoisotopic (exact) mass is 466 g/mol. The molecule has 162 valence electrons. The molecule has 1 N–H and O–H groups in total. The first-order chi connectivity index (χ1) is 14.4. The minimum absolute atomic E-state index is 0.0674. The number of carbonyl (C=O) groups is 1. The van der Waals surface area contributed by atoms with Crippen LogP contribution >= 0.6 is 23.4 Å². The molecule has 0 spiro atoms. The molecule has 8 heteroatoms. The molecular weight excluding hydrogens is 440 g/mol. The Hall–Kier alpha value is -1.54. The zero-order valence-electron chi connectivity index (χ0n) is 17.0. The Kier molecular flexibility index (Phi) is 8.22. The van der Waals surface area contributed by atoms with Gasteiger partial charge in [-0.25, -0.2) is 8.42 Å². The number of thioether (sulfide) groups is 1. The molecule has 0 bridgehead atoms. The van der Waals surface area contributed by atoms with Crippen LogP contribution < -0.4 is 5.32 Å². The SMILES string of the molecule is Cc1cccc(CSCCNC(=O)[C@@H]2CCCN(S(=O)(=O)c3ccc(Cl)cc3)C2)c1. The fourth-order valence-electron chi connectivity index (χ4n) is 3.51. The van der Waals surface area contributed by atoms with Crippen LogP contribution in [0.4, 0.5) is 0 Å². The van der Waals surface area contributed by atoms with Gasteiger partial charge in [0.05, 0.1) is 10.8 Å². The number of hydrogen-bond acceptors (Lipinski definition) is 4. The largest absolute Gasteiger partial charge is 0.355 e. The number of halogens is 1. The second kappa shape index (κ2) is 10.7. The molecule has 3 rings (SSSR count). The van der Waals surface area contributed by atoms with Crippen molar-refractivity contribution in [3.05, 3.63) is 64.7 Å². The minimum atomic E-state index is -3.62. The Morgan fingerprint density at radius 1 is 1.23 bits per heavy atom. The molecule has 1 saturated heterocycles. The molecular formula is C22H27ClN2O3S2. The van der Waals surface area contributed by atoms with Crippen LogP contribution in [0.15, 0.2) is 53.4 Å². The Morgan fingerprint density at radius 3 is 2.73 bits per heavy atom. The lowest BCUT2D eigenvalue weighted by atomic mass is 9.99. The zero-order valence-corrected chi connectivity index (χ0v) is 19.4. The highest BCUT2D eigenvalue weighted by atomic mass is 35.5. The maximum atomic E-state index is 12.9. The number of aryl methyl sites for hydroxylation is 1. The Balaban J connectivity index is 1.46. The summed E-state index contributed by atoms with van der Waals surface area (Å²) in [6.07, 6.45) is 1.38. The molecule has 2 aromatic rings. The number of sulfonamides is 1. The minimum Gasteiger partial charge on any atom is -0.355 e. The van der Waals surface area contributed by atoms with Crippen molar-refractivity contribution in [1.82, 2.24) is 9.62 Å². The molecule has 1 fully saturated rings. The van der Waals surface area contributed by atoms with E-state index in [-0.39, 0.29) is 23.3 Å². The first-order valence-corrected chi connectivity index (χ1v) is 13.0. The molecule has 1 heterocycles. The average molecular weight is 467 g/mol. The lowest BCUT2D eigenvalue weighted by Gasteiger charge is -2.31. The van der Waals surface area contributed by atoms with Crippen LogP contribution in [0.2, 0.25) is 5.02 Å². The van der Waals surface area contributed by atoms with Crippen molar-refractivity contribution in [2.24, 2.45) is 5.92 Å². The normalized spacial score (nSPS) is 17.6. The molecule has 30 heavy (non-hydrogen) atoms. The van der Waals surface area contributed by atoms with E-state index < -0.39 is 10.0 Å². The van der Waals surface area contributed by atoms with Gasteiger partial charge in [0.2, 0.25) is 15.9 Å². The molecule has 1 amide bonds. The van der Waals surface area contributed by atoms with Crippen molar-refractivity contribution >= 4 is 39.3 Å². The molecule has 1 atom stereocenters. The average Bonchev–Trinajstić information content (AvgIpc) is 2.74. The van der Waals surface area contributed by atoms with Gasteiger partial charge in [0, 0.05) is 36.2 Å². The summed E-state index contributed by atoms with van der Waals surface area (Å²) in [5.41, 5.74) is 2.53. The summed E-state index contributed by atoms with van der Waals surface area (Å²) in [4.78, 5) is 12.8. The lowest BCUT2D eigenvalue weighted by molar-refractivity contribution is -0.125. The first kappa shape index (κ1) is 23.1. The molecule has 2 aromatic carbocycles. The summed E-state index contributed by atoms with van der Waals surface area (Å²) in [5, 5.41) is 3.46. The quantitative estimate of drug-likeness (QED) is 0.595. The fraction of sp³-hybridized carbons (Fsp3) is 0.409. The van der Waals surface area contributed by atoms with E-state index in [1.54, 1.807) is 23.9 Å². The van der Waals surface area contributed by atoms with Gasteiger partial charge < -0.3 is 5.32 Å². The number of amides is 1. The van der Waals surface area contributed by atoms with Crippen molar-refractivity contribution in [3.8, 4) is 0 Å². The van der Waals surface area contributed by atoms with Crippen LogP contribution in [0, 0.1) is 12.8 Å². The van der Waals surface area contributed by atoms with Gasteiger partial charge in [-0.1, -0.05) is 41.4 Å². The number of carbonyl (C=O) groups excluding carboxylic acids is 1. The van der Waals surface area contributed by atoms with Gasteiger partial charge in [0.15, 0.2) is 0 Å². The number of benzene rings is 2. The van der Waals surface area contributed by atoms with E-state index >= 15 is 0 Å². The molecule has 0 saturated carbocycles. The van der Waals surface area contributed by atoms with Gasteiger partial charge in [0.1, 0.15) is 0 Å². The van der Waals surface area contributed by atoms with E-state index in [9.17, 15) is 13.2 Å². The third-order valence-corrected chi connectivity index (χ3v) is 8.26. The Morgan fingerprint density at radius 2 is 2.00 bits per heavy atom. The molecule has 0 radical (unpaired) electrons. The molecule has 0 unspecified atom stereocenters. The third-order valence-electron chi connectivity index (χ3n) is 5.10. The lowest BCUT2D eigenvalue weighted by Crippen LogP contribution is -2.45. The van der Waals surface area contributed by atoms with Crippen molar-refractivity contribution in [2.45, 2.75) is 30.4 Å².